The van der Waals surface area contributed by atoms with Crippen LogP contribution < -0.4 is 5.73 Å². The summed E-state index contributed by atoms with van der Waals surface area (Å²) in [5.41, 5.74) is 3.29. The van der Waals surface area contributed by atoms with E-state index in [2.05, 4.69) is 0 Å². The fourth-order valence-electron chi connectivity index (χ4n) is 7.06. The number of carbonyl (C=O) groups excluding carboxylic acids is 5. The average Bonchev–Trinajstić information content (AvgIpc) is 2.89. The van der Waals surface area contributed by atoms with Crippen molar-refractivity contribution in [1.29, 1.82) is 0 Å². The van der Waals surface area contributed by atoms with Gasteiger partial charge in [0, 0.05) is 30.1 Å². The molecule has 2 unspecified atom stereocenters. The molecule has 2 aromatic rings. The Hall–Kier alpha value is -3.80. The fraction of sp³-hybridized carbons (Fsp3) is 0.433. The third kappa shape index (κ3) is 4.39. The zero-order valence-corrected chi connectivity index (χ0v) is 23.0. The van der Waals surface area contributed by atoms with Crippen LogP contribution in [0.2, 0.25) is 0 Å². The molecular formula is C30H32FN3O7. The molecule has 0 saturated heterocycles. The van der Waals surface area contributed by atoms with Gasteiger partial charge < -0.3 is 15.9 Å². The van der Waals surface area contributed by atoms with Crippen molar-refractivity contribution in [1.82, 2.24) is 9.80 Å². The van der Waals surface area contributed by atoms with E-state index >= 15 is 4.39 Å². The third-order valence-corrected chi connectivity index (χ3v) is 8.81. The van der Waals surface area contributed by atoms with Gasteiger partial charge in [0.25, 0.3) is 0 Å². The molecular weight excluding hydrogens is 533 g/mol. The van der Waals surface area contributed by atoms with Crippen LogP contribution >= 0.6 is 0 Å². The number of primary amides is 1. The molecule has 2 fully saturated rings. The predicted octanol–water partition coefficient (Wildman–Crippen LogP) is 0.638. The van der Waals surface area contributed by atoms with Gasteiger partial charge in [-0.2, -0.15) is 0 Å². The van der Waals surface area contributed by atoms with Crippen LogP contribution in [0.15, 0.2) is 36.4 Å². The number of ketones is 4. The average molecular weight is 566 g/mol. The SMILES string of the molecule is CN(Cc1ccccc1)Cc1cc(O)c2c(c1F)C[C@H]1C[C@H]3[C@H](N(C)C)C(=O)C(C(N)=O)C(=O)[C@@]3(O)C(=O)C1C2=O. The van der Waals surface area contributed by atoms with Gasteiger partial charge >= 0.3 is 0 Å². The smallest absolute Gasteiger partial charge is 0.235 e. The first kappa shape index (κ1) is 28.7. The maximum Gasteiger partial charge on any atom is 0.235 e. The largest absolute Gasteiger partial charge is 0.507 e. The lowest BCUT2D eigenvalue weighted by Crippen LogP contribution is -2.74. The van der Waals surface area contributed by atoms with Crippen LogP contribution in [0.4, 0.5) is 4.39 Å². The minimum Gasteiger partial charge on any atom is -0.507 e. The van der Waals surface area contributed by atoms with Crippen LogP contribution in [0.5, 0.6) is 5.75 Å². The van der Waals surface area contributed by atoms with E-state index in [4.69, 9.17) is 5.73 Å². The zero-order chi connectivity index (χ0) is 30.0. The first-order chi connectivity index (χ1) is 19.3. The number of aliphatic hydroxyl groups is 1. The van der Waals surface area contributed by atoms with E-state index in [1.165, 1.54) is 19.0 Å². The van der Waals surface area contributed by atoms with Crippen molar-refractivity contribution in [2.24, 2.45) is 29.4 Å². The lowest BCUT2D eigenvalue weighted by molar-refractivity contribution is -0.181. The topological polar surface area (TPSA) is 158 Å². The van der Waals surface area contributed by atoms with Crippen molar-refractivity contribution in [3.63, 3.8) is 0 Å². The van der Waals surface area contributed by atoms with Crippen molar-refractivity contribution in [2.45, 2.75) is 37.6 Å². The molecule has 1 amide bonds. The first-order valence-electron chi connectivity index (χ1n) is 13.4. The summed E-state index contributed by atoms with van der Waals surface area (Å²) in [6, 6.07) is 9.50. The number of fused-ring (bicyclic) bond motifs is 3. The second-order valence-electron chi connectivity index (χ2n) is 11.7. The van der Waals surface area contributed by atoms with Crippen molar-refractivity contribution in [3.05, 3.63) is 64.5 Å². The molecule has 5 rings (SSSR count). The zero-order valence-electron chi connectivity index (χ0n) is 23.0. The number of likely N-dealkylation sites (N-methyl/N-ethyl adjacent to an activating group) is 1. The lowest BCUT2D eigenvalue weighted by atomic mass is 9.52. The summed E-state index contributed by atoms with van der Waals surface area (Å²) in [6.45, 7) is 0.641. The Morgan fingerprint density at radius 3 is 2.34 bits per heavy atom. The van der Waals surface area contributed by atoms with Gasteiger partial charge in [-0.3, -0.25) is 33.8 Å². The monoisotopic (exact) mass is 565 g/mol. The summed E-state index contributed by atoms with van der Waals surface area (Å²) >= 11 is 0. The van der Waals surface area contributed by atoms with Gasteiger partial charge in [-0.05, 0) is 51.5 Å². The van der Waals surface area contributed by atoms with E-state index in [1.807, 2.05) is 35.2 Å². The number of rotatable bonds is 6. The number of hydrogen-bond acceptors (Lipinski definition) is 9. The molecule has 4 N–H and O–H groups in total. The maximum absolute atomic E-state index is 15.9. The molecule has 0 bridgehead atoms. The number of phenols is 1. The minimum absolute atomic E-state index is 0.0394. The Balaban J connectivity index is 1.52. The molecule has 3 aliphatic carbocycles. The van der Waals surface area contributed by atoms with Crippen LogP contribution in [0, 0.1) is 29.5 Å². The number of carbonyl (C=O) groups is 5. The van der Waals surface area contributed by atoms with Crippen molar-refractivity contribution in [2.75, 3.05) is 21.1 Å². The highest BCUT2D eigenvalue weighted by Crippen LogP contribution is 2.51. The maximum atomic E-state index is 15.9. The summed E-state index contributed by atoms with van der Waals surface area (Å²) in [5.74, 6) is -12.4. The highest BCUT2D eigenvalue weighted by molar-refractivity contribution is 6.32. The summed E-state index contributed by atoms with van der Waals surface area (Å²) in [7, 11) is 4.80. The molecule has 6 atom stereocenters. The Kier molecular flexibility index (Phi) is 7.17. The van der Waals surface area contributed by atoms with E-state index in [0.29, 0.717) is 6.54 Å². The molecule has 11 heteroatoms. The number of amides is 1. The predicted molar refractivity (Wildman–Crippen MR) is 143 cm³/mol. The normalized spacial score (nSPS) is 29.4. The van der Waals surface area contributed by atoms with E-state index in [9.17, 15) is 34.2 Å². The Morgan fingerprint density at radius 1 is 1.07 bits per heavy atom. The van der Waals surface area contributed by atoms with Crippen LogP contribution in [0.25, 0.3) is 0 Å². The second kappa shape index (κ2) is 10.2. The molecule has 216 valence electrons. The second-order valence-corrected chi connectivity index (χ2v) is 11.7. The van der Waals surface area contributed by atoms with E-state index in [1.54, 1.807) is 7.05 Å². The first-order valence-corrected chi connectivity index (χ1v) is 13.4. The highest BCUT2D eigenvalue weighted by atomic mass is 19.1. The molecule has 10 nitrogen and oxygen atoms in total. The number of nitrogens with zero attached hydrogens (tertiary/aromatic N) is 2. The molecule has 0 aliphatic heterocycles. The summed E-state index contributed by atoms with van der Waals surface area (Å²) < 4.78 is 15.9. The molecule has 0 spiro atoms. The number of hydrogen-bond donors (Lipinski definition) is 3. The fourth-order valence-corrected chi connectivity index (χ4v) is 7.06. The third-order valence-electron chi connectivity index (χ3n) is 8.81. The molecule has 3 aliphatic rings. The van der Waals surface area contributed by atoms with E-state index in [0.717, 1.165) is 11.6 Å². The van der Waals surface area contributed by atoms with Gasteiger partial charge in [-0.1, -0.05) is 30.3 Å². The molecule has 2 saturated carbocycles. The number of nitrogens with two attached hydrogens (primary N) is 1. The number of phenolic OH excluding ortho intramolecular Hbond substituents is 1. The molecule has 41 heavy (non-hydrogen) atoms. The number of Topliss-reactive ketones (excluding diaryl/α,β-unsaturated/α-hetero) is 4. The number of benzene rings is 2. The Morgan fingerprint density at radius 2 is 1.73 bits per heavy atom. The summed E-state index contributed by atoms with van der Waals surface area (Å²) in [6.07, 6.45) is -0.260. The van der Waals surface area contributed by atoms with Crippen LogP contribution in [-0.4, -0.2) is 81.8 Å². The van der Waals surface area contributed by atoms with Crippen LogP contribution in [0.3, 0.4) is 0 Å². The number of halogens is 1. The van der Waals surface area contributed by atoms with E-state index in [-0.39, 0.29) is 36.1 Å². The van der Waals surface area contributed by atoms with Crippen LogP contribution in [0.1, 0.15) is 33.5 Å². The standard InChI is InChI=1S/C30H32FN3O7/c1-33(2)24-18-10-15-9-17-21(19(35)11-16(23(17)31)13-34(3)12-14-7-5-4-6-8-14)25(36)20(15)27(38)30(18,41)28(39)22(26(24)37)29(32)40/h4-8,11,15,18,20,22,24,35,41H,9-10,12-13H2,1-3H3,(H2,32,40)/t15-,18-,20?,22?,24-,30-/m0/s1. The minimum atomic E-state index is -2.81. The lowest BCUT2D eigenvalue weighted by Gasteiger charge is -2.52. The van der Waals surface area contributed by atoms with Gasteiger partial charge in [0.1, 0.15) is 11.6 Å². The van der Waals surface area contributed by atoms with Gasteiger partial charge in [0.05, 0.1) is 17.5 Å². The number of aromatic hydroxyl groups is 1. The summed E-state index contributed by atoms with van der Waals surface area (Å²) in [5, 5.41) is 22.5. The van der Waals surface area contributed by atoms with Gasteiger partial charge in [0.15, 0.2) is 34.7 Å². The highest BCUT2D eigenvalue weighted by Gasteiger charge is 2.69. The van der Waals surface area contributed by atoms with Crippen molar-refractivity contribution >= 4 is 29.0 Å². The van der Waals surface area contributed by atoms with Crippen LogP contribution in [-0.2, 0) is 38.7 Å². The van der Waals surface area contributed by atoms with Crippen molar-refractivity contribution < 1.29 is 38.6 Å². The molecule has 2 aromatic carbocycles. The van der Waals surface area contributed by atoms with E-state index < -0.39 is 75.9 Å². The molecule has 0 heterocycles. The Bertz CT molecular complexity index is 1480. The quantitative estimate of drug-likeness (QED) is 0.428. The van der Waals surface area contributed by atoms with Crippen molar-refractivity contribution in [3.8, 4) is 5.75 Å². The van der Waals surface area contributed by atoms with Gasteiger partial charge in [-0.15, -0.1) is 0 Å². The van der Waals surface area contributed by atoms with Gasteiger partial charge in [-0.25, -0.2) is 4.39 Å². The Labute approximate surface area is 235 Å². The molecule has 0 radical (unpaired) electrons. The van der Waals surface area contributed by atoms with Gasteiger partial charge in [0.2, 0.25) is 5.91 Å². The summed E-state index contributed by atoms with van der Waals surface area (Å²) in [4.78, 5) is 69.3. The molecule has 0 aromatic heterocycles.